The number of nitrogens with one attached hydrogen (secondary N) is 7. The molecule has 2 aliphatic rings. The van der Waals surface area contributed by atoms with Gasteiger partial charge in [0.2, 0.25) is 47.3 Å². The molecule has 2 heterocycles. The quantitative estimate of drug-likeness (QED) is 0.0264. The van der Waals surface area contributed by atoms with E-state index >= 15 is 0 Å². The number of unbranched alkanes of at least 4 members (excludes halogenated alkanes) is 1. The van der Waals surface area contributed by atoms with Crippen molar-refractivity contribution in [3.63, 3.8) is 0 Å². The van der Waals surface area contributed by atoms with E-state index in [1.165, 1.54) is 17.1 Å². The number of aliphatic hydroxyl groups excluding tert-OH is 1. The minimum Gasteiger partial charge on any atom is -0.480 e. The van der Waals surface area contributed by atoms with Crippen molar-refractivity contribution in [1.29, 1.82) is 0 Å². The minimum absolute atomic E-state index is 0.00604. The summed E-state index contributed by atoms with van der Waals surface area (Å²) < 4.78 is 0. The zero-order valence-electron chi connectivity index (χ0n) is 41.5. The zero-order valence-corrected chi connectivity index (χ0v) is 41.5. The molecule has 4 rings (SSSR count). The Bertz CT molecular complexity index is 2320. The van der Waals surface area contributed by atoms with E-state index in [0.717, 1.165) is 16.3 Å². The van der Waals surface area contributed by atoms with Crippen LogP contribution in [0, 0.1) is 5.92 Å². The number of amides is 8. The number of fused-ring (bicyclic) bond motifs is 1. The fourth-order valence-corrected chi connectivity index (χ4v) is 8.50. The molecular weight excluding hydrogens is 947 g/mol. The Labute approximate surface area is 424 Å². The number of carbonyl (C=O) groups is 9. The van der Waals surface area contributed by atoms with Gasteiger partial charge in [-0.05, 0) is 93.0 Å². The van der Waals surface area contributed by atoms with Crippen molar-refractivity contribution in [2.24, 2.45) is 33.8 Å². The molecule has 8 atom stereocenters. The maximum Gasteiger partial charge on any atom is 0.326 e. The van der Waals surface area contributed by atoms with Gasteiger partial charge in [-0.2, -0.15) is 0 Å². The summed E-state index contributed by atoms with van der Waals surface area (Å²) in [5, 5.41) is 40.2. The summed E-state index contributed by atoms with van der Waals surface area (Å²) in [6.45, 7) is 2.68. The first-order valence-electron chi connectivity index (χ1n) is 24.7. The van der Waals surface area contributed by atoms with Crippen molar-refractivity contribution in [1.82, 2.24) is 42.1 Å². The van der Waals surface area contributed by atoms with Gasteiger partial charge in [0.25, 0.3) is 0 Å². The number of aliphatic imine (C=N–C) groups is 1. The fourth-order valence-electron chi connectivity index (χ4n) is 8.50. The van der Waals surface area contributed by atoms with Crippen LogP contribution in [0.15, 0.2) is 59.6 Å². The van der Waals surface area contributed by atoms with Crippen molar-refractivity contribution in [3.8, 4) is 0 Å². The van der Waals surface area contributed by atoms with Gasteiger partial charge in [-0.25, -0.2) is 4.79 Å². The first kappa shape index (κ1) is 58.4. The summed E-state index contributed by atoms with van der Waals surface area (Å²) in [6, 6.07) is 2.78. The van der Waals surface area contributed by atoms with Crippen molar-refractivity contribution in [3.05, 3.63) is 60.2 Å². The normalized spacial score (nSPS) is 22.4. The first-order chi connectivity index (χ1) is 34.8. The van der Waals surface area contributed by atoms with E-state index in [9.17, 15) is 53.4 Å². The number of aliphatic carboxylic acids is 1. The van der Waals surface area contributed by atoms with Gasteiger partial charge in [-0.3, -0.25) is 43.3 Å². The average Bonchev–Trinajstić information content (AvgIpc) is 3.86. The summed E-state index contributed by atoms with van der Waals surface area (Å²) >= 11 is 0. The fraction of sp³-hybridized carbons (Fsp3) is 0.551. The number of guanidine groups is 1. The molecule has 1 fully saturated rings. The number of aliphatic hydroxyl groups is 1. The summed E-state index contributed by atoms with van der Waals surface area (Å²) in [5.41, 5.74) is 23.5. The van der Waals surface area contributed by atoms with Crippen LogP contribution in [0.4, 0.5) is 0 Å². The van der Waals surface area contributed by atoms with Gasteiger partial charge in [-0.1, -0.05) is 68.5 Å². The Morgan fingerprint density at radius 2 is 1.47 bits per heavy atom. The van der Waals surface area contributed by atoms with Gasteiger partial charge < -0.3 is 75.3 Å². The average molecular weight is 1020 g/mol. The van der Waals surface area contributed by atoms with E-state index in [4.69, 9.17) is 22.9 Å². The van der Waals surface area contributed by atoms with E-state index in [-0.39, 0.29) is 82.9 Å². The smallest absolute Gasteiger partial charge is 0.326 e. The Hall–Kier alpha value is -7.18. The summed E-state index contributed by atoms with van der Waals surface area (Å²) in [5.74, 6) is -7.70. The molecule has 2 aromatic carbocycles. The molecule has 400 valence electrons. The Balaban J connectivity index is 1.49. The standard InChI is InChI=1S/C49H73N13O11/c1-28(2)24-36-45(69)61-38(27-63)46(70)58-34(17-6-5-16-32(51)41(65)56-35(44(68)59-36)19-10-22-54-49(52)53)43(67)57-33(18-7-8-21-50)42(66)55-26-40(64)62-23-11-20-39(62)47(71)60-37(48(72)73)25-30-14-9-13-29-12-3-4-15-31(29)30/h3-6,9,12-15,28,32-39,63H,7-8,10-11,16-27,50-51H2,1-2H3,(H,55,66)(H,56,65)(H,57,67)(H,58,70)(H,59,68)(H,60,71)(H,61,69)(H,72,73)(H4,52,53,54)/b6-5-/t32-,33-,34-,35-,36-,37+,38-,39-/m0/s1. The number of hydrogen-bond donors (Lipinski definition) is 13. The topological polar surface area (TPSA) is 398 Å². The van der Waals surface area contributed by atoms with E-state index in [0.29, 0.717) is 19.3 Å². The van der Waals surface area contributed by atoms with Crippen LogP contribution >= 0.6 is 0 Å². The van der Waals surface area contributed by atoms with Crippen LogP contribution in [0.1, 0.15) is 83.6 Å². The van der Waals surface area contributed by atoms with Gasteiger partial charge in [0.05, 0.1) is 19.2 Å². The van der Waals surface area contributed by atoms with Crippen LogP contribution in [-0.4, -0.2) is 155 Å². The SMILES string of the molecule is CC(C)C[C@@H]1NC(=O)[C@H](CCCN=C(N)N)NC(=O)[C@@H](N)C/C=C\C[C@@H](C(=O)N[C@@H](CCCCN)C(=O)NCC(=O)N2CCC[C@H]2C(=O)N[C@H](Cc2cccc3ccccc23)C(=O)O)NC(=O)[C@H](CO)NC1=O. The van der Waals surface area contributed by atoms with Crippen molar-refractivity contribution in [2.45, 2.75) is 133 Å². The molecule has 2 aliphatic heterocycles. The molecular formula is C49H73N13O11. The maximum absolute atomic E-state index is 14.1. The monoisotopic (exact) mass is 1020 g/mol. The third kappa shape index (κ3) is 18.4. The molecule has 73 heavy (non-hydrogen) atoms. The Morgan fingerprint density at radius 3 is 2.16 bits per heavy atom. The molecule has 1 saturated heterocycles. The Morgan fingerprint density at radius 1 is 0.808 bits per heavy atom. The molecule has 24 heteroatoms. The number of nitrogens with zero attached hydrogens (tertiary/aromatic N) is 2. The molecule has 0 saturated carbocycles. The van der Waals surface area contributed by atoms with Gasteiger partial charge in [0.1, 0.15) is 42.3 Å². The predicted molar refractivity (Wildman–Crippen MR) is 270 cm³/mol. The second-order valence-electron chi connectivity index (χ2n) is 18.6. The third-order valence-electron chi connectivity index (χ3n) is 12.4. The number of likely N-dealkylation sites (tertiary alicyclic amines) is 1. The van der Waals surface area contributed by atoms with E-state index in [1.54, 1.807) is 26.0 Å². The molecule has 0 aromatic heterocycles. The molecule has 2 aromatic rings. The number of carboxylic acids is 1. The molecule has 8 amide bonds. The highest BCUT2D eigenvalue weighted by Crippen LogP contribution is 2.22. The molecule has 0 radical (unpaired) electrons. The highest BCUT2D eigenvalue weighted by molar-refractivity contribution is 5.98. The first-order valence-corrected chi connectivity index (χ1v) is 24.7. The largest absolute Gasteiger partial charge is 0.480 e. The van der Waals surface area contributed by atoms with Crippen LogP contribution in [0.25, 0.3) is 10.8 Å². The lowest BCUT2D eigenvalue weighted by molar-refractivity contribution is -0.144. The van der Waals surface area contributed by atoms with E-state index in [1.807, 2.05) is 30.3 Å². The number of nitrogens with two attached hydrogens (primary N) is 4. The summed E-state index contributed by atoms with van der Waals surface area (Å²) in [4.78, 5) is 127. The second-order valence-corrected chi connectivity index (χ2v) is 18.6. The van der Waals surface area contributed by atoms with Crippen LogP contribution < -0.4 is 60.2 Å². The van der Waals surface area contributed by atoms with Gasteiger partial charge in [0.15, 0.2) is 5.96 Å². The van der Waals surface area contributed by atoms with Gasteiger partial charge in [-0.15, -0.1) is 0 Å². The predicted octanol–water partition coefficient (Wildman–Crippen LogP) is -2.62. The molecule has 0 aliphatic carbocycles. The van der Waals surface area contributed by atoms with Crippen molar-refractivity contribution in [2.75, 3.05) is 32.8 Å². The van der Waals surface area contributed by atoms with Crippen LogP contribution in [0.5, 0.6) is 0 Å². The van der Waals surface area contributed by atoms with Gasteiger partial charge in [0, 0.05) is 19.5 Å². The summed E-state index contributed by atoms with van der Waals surface area (Å²) in [6.07, 6.45) is 4.65. The molecule has 17 N–H and O–H groups in total. The highest BCUT2D eigenvalue weighted by atomic mass is 16.4. The molecule has 24 nitrogen and oxygen atoms in total. The van der Waals surface area contributed by atoms with Crippen molar-refractivity contribution >= 4 is 70.0 Å². The number of carbonyl (C=O) groups excluding carboxylic acids is 8. The van der Waals surface area contributed by atoms with E-state index in [2.05, 4.69) is 42.2 Å². The maximum atomic E-state index is 14.1. The van der Waals surface area contributed by atoms with Gasteiger partial charge >= 0.3 is 5.97 Å². The number of carboxylic acid groups (broad SMARTS) is 1. The molecule has 0 bridgehead atoms. The van der Waals surface area contributed by atoms with Crippen LogP contribution in [0.2, 0.25) is 0 Å². The third-order valence-corrected chi connectivity index (χ3v) is 12.4. The van der Waals surface area contributed by atoms with Crippen LogP contribution in [0.3, 0.4) is 0 Å². The van der Waals surface area contributed by atoms with E-state index < -0.39 is 115 Å². The zero-order chi connectivity index (χ0) is 53.6. The molecule has 0 unspecified atom stereocenters. The lowest BCUT2D eigenvalue weighted by Gasteiger charge is -2.27. The number of benzene rings is 2. The highest BCUT2D eigenvalue weighted by Gasteiger charge is 2.37. The number of rotatable bonds is 21. The van der Waals surface area contributed by atoms with Crippen molar-refractivity contribution < 1.29 is 53.4 Å². The lowest BCUT2D eigenvalue weighted by atomic mass is 9.98. The number of hydrogen-bond acceptors (Lipinski definition) is 13. The second kappa shape index (κ2) is 29.4. The molecule has 0 spiro atoms. The summed E-state index contributed by atoms with van der Waals surface area (Å²) in [7, 11) is 0. The van der Waals surface area contributed by atoms with Crippen LogP contribution in [-0.2, 0) is 49.6 Å². The Kier molecular flexibility index (Phi) is 23.5. The minimum atomic E-state index is -1.61. The lowest BCUT2D eigenvalue weighted by Crippen LogP contribution is -2.60.